The van der Waals surface area contributed by atoms with Crippen LogP contribution in [-0.2, 0) is 0 Å². The molecule has 0 saturated carbocycles. The number of nitrogens with one attached hydrogen (secondary N) is 1. The summed E-state index contributed by atoms with van der Waals surface area (Å²) < 4.78 is 0. The molecule has 1 aromatic carbocycles. The van der Waals surface area contributed by atoms with E-state index in [4.69, 9.17) is 4.98 Å². The Kier molecular flexibility index (Phi) is 4.16. The summed E-state index contributed by atoms with van der Waals surface area (Å²) in [6.45, 7) is 5.91. The molecule has 20 heavy (non-hydrogen) atoms. The van der Waals surface area contributed by atoms with Crippen molar-refractivity contribution in [3.8, 4) is 0 Å². The maximum absolute atomic E-state index is 4.70. The second-order valence-electron chi connectivity index (χ2n) is 5.65. The molecule has 1 aromatic heterocycles. The number of nitrogens with zero attached hydrogens (tertiary/aromatic N) is 2. The molecule has 1 fully saturated rings. The van der Waals surface area contributed by atoms with Crippen LogP contribution >= 0.6 is 0 Å². The molecule has 1 saturated heterocycles. The van der Waals surface area contributed by atoms with Gasteiger partial charge in [0.05, 0.1) is 5.52 Å². The Morgan fingerprint density at radius 3 is 2.75 bits per heavy atom. The standard InChI is InChI=1S/C17H23N3/c1-2-11-20-12-9-15(10-13-20)18-17-8-7-14-5-3-4-6-16(14)19-17/h3-8,15H,2,9-13H2,1H3,(H,18,19). The van der Waals surface area contributed by atoms with Crippen molar-refractivity contribution in [3.63, 3.8) is 0 Å². The van der Waals surface area contributed by atoms with E-state index in [1.165, 1.54) is 44.3 Å². The van der Waals surface area contributed by atoms with Crippen molar-refractivity contribution in [3.05, 3.63) is 36.4 Å². The molecule has 1 aliphatic heterocycles. The molecule has 3 heteroatoms. The maximum Gasteiger partial charge on any atom is 0.126 e. The smallest absolute Gasteiger partial charge is 0.126 e. The molecule has 106 valence electrons. The van der Waals surface area contributed by atoms with E-state index in [0.29, 0.717) is 6.04 Å². The lowest BCUT2D eigenvalue weighted by atomic mass is 10.0. The van der Waals surface area contributed by atoms with E-state index >= 15 is 0 Å². The molecule has 3 rings (SSSR count). The number of pyridine rings is 1. The van der Waals surface area contributed by atoms with Gasteiger partial charge in [0.1, 0.15) is 5.82 Å². The van der Waals surface area contributed by atoms with Crippen LogP contribution in [0.2, 0.25) is 0 Å². The quantitative estimate of drug-likeness (QED) is 0.920. The molecule has 2 heterocycles. The van der Waals surface area contributed by atoms with Crippen LogP contribution < -0.4 is 5.32 Å². The highest BCUT2D eigenvalue weighted by atomic mass is 15.1. The number of likely N-dealkylation sites (tertiary alicyclic amines) is 1. The van der Waals surface area contributed by atoms with Crippen molar-refractivity contribution in [2.75, 3.05) is 25.0 Å². The Labute approximate surface area is 121 Å². The van der Waals surface area contributed by atoms with E-state index in [-0.39, 0.29) is 0 Å². The summed E-state index contributed by atoms with van der Waals surface area (Å²) in [6.07, 6.45) is 3.69. The Morgan fingerprint density at radius 2 is 1.95 bits per heavy atom. The number of aromatic nitrogens is 1. The minimum atomic E-state index is 0.566. The molecule has 0 bridgehead atoms. The fraction of sp³-hybridized carbons (Fsp3) is 0.471. The van der Waals surface area contributed by atoms with Gasteiger partial charge in [-0.3, -0.25) is 0 Å². The van der Waals surface area contributed by atoms with Gasteiger partial charge in [-0.05, 0) is 44.0 Å². The molecule has 3 nitrogen and oxygen atoms in total. The zero-order valence-corrected chi connectivity index (χ0v) is 12.2. The van der Waals surface area contributed by atoms with Crippen molar-refractivity contribution in [2.24, 2.45) is 0 Å². The number of anilines is 1. The summed E-state index contributed by atoms with van der Waals surface area (Å²) in [4.78, 5) is 7.26. The van der Waals surface area contributed by atoms with E-state index in [1.807, 2.05) is 6.07 Å². The zero-order chi connectivity index (χ0) is 13.8. The topological polar surface area (TPSA) is 28.2 Å². The summed E-state index contributed by atoms with van der Waals surface area (Å²) >= 11 is 0. The van der Waals surface area contributed by atoms with Gasteiger partial charge < -0.3 is 10.2 Å². The van der Waals surface area contributed by atoms with Gasteiger partial charge in [-0.1, -0.05) is 25.1 Å². The summed E-state index contributed by atoms with van der Waals surface area (Å²) in [5.41, 5.74) is 1.07. The number of fused-ring (bicyclic) bond motifs is 1. The first-order chi connectivity index (χ1) is 9.85. The molecular weight excluding hydrogens is 246 g/mol. The number of para-hydroxylation sites is 1. The van der Waals surface area contributed by atoms with Gasteiger partial charge in [0.25, 0.3) is 0 Å². The molecule has 0 spiro atoms. The van der Waals surface area contributed by atoms with Crippen LogP contribution in [0.5, 0.6) is 0 Å². The third kappa shape index (κ3) is 3.10. The summed E-state index contributed by atoms with van der Waals surface area (Å²) in [5, 5.41) is 4.80. The predicted octanol–water partition coefficient (Wildman–Crippen LogP) is 3.52. The fourth-order valence-electron chi connectivity index (χ4n) is 2.97. The molecule has 1 aliphatic rings. The van der Waals surface area contributed by atoms with Gasteiger partial charge >= 0.3 is 0 Å². The predicted molar refractivity (Wildman–Crippen MR) is 85.1 cm³/mol. The number of hydrogen-bond donors (Lipinski definition) is 1. The van der Waals surface area contributed by atoms with E-state index in [1.54, 1.807) is 0 Å². The van der Waals surface area contributed by atoms with Crippen LogP contribution in [0, 0.1) is 0 Å². The first kappa shape index (κ1) is 13.4. The minimum absolute atomic E-state index is 0.566. The Bertz CT molecular complexity index is 559. The summed E-state index contributed by atoms with van der Waals surface area (Å²) in [7, 11) is 0. The number of rotatable bonds is 4. The first-order valence-electron chi connectivity index (χ1n) is 7.70. The summed E-state index contributed by atoms with van der Waals surface area (Å²) in [6, 6.07) is 13.1. The number of benzene rings is 1. The van der Waals surface area contributed by atoms with E-state index in [2.05, 4.69) is 47.5 Å². The molecule has 1 N–H and O–H groups in total. The van der Waals surface area contributed by atoms with Crippen molar-refractivity contribution in [1.82, 2.24) is 9.88 Å². The van der Waals surface area contributed by atoms with Crippen LogP contribution in [0.3, 0.4) is 0 Å². The van der Waals surface area contributed by atoms with Crippen LogP contribution in [-0.4, -0.2) is 35.6 Å². The lowest BCUT2D eigenvalue weighted by Gasteiger charge is -2.32. The Balaban J connectivity index is 1.62. The largest absolute Gasteiger partial charge is 0.367 e. The Morgan fingerprint density at radius 1 is 1.15 bits per heavy atom. The van der Waals surface area contributed by atoms with Gasteiger partial charge in [0.2, 0.25) is 0 Å². The number of piperidine rings is 1. The van der Waals surface area contributed by atoms with Crippen molar-refractivity contribution >= 4 is 16.7 Å². The maximum atomic E-state index is 4.70. The van der Waals surface area contributed by atoms with Gasteiger partial charge in [0, 0.05) is 24.5 Å². The van der Waals surface area contributed by atoms with Crippen molar-refractivity contribution in [2.45, 2.75) is 32.2 Å². The van der Waals surface area contributed by atoms with Crippen molar-refractivity contribution in [1.29, 1.82) is 0 Å². The van der Waals surface area contributed by atoms with E-state index in [0.717, 1.165) is 11.3 Å². The van der Waals surface area contributed by atoms with E-state index < -0.39 is 0 Å². The number of hydrogen-bond acceptors (Lipinski definition) is 3. The zero-order valence-electron chi connectivity index (χ0n) is 12.2. The monoisotopic (exact) mass is 269 g/mol. The second-order valence-corrected chi connectivity index (χ2v) is 5.65. The third-order valence-corrected chi connectivity index (χ3v) is 4.08. The van der Waals surface area contributed by atoms with Crippen LogP contribution in [0.4, 0.5) is 5.82 Å². The lowest BCUT2D eigenvalue weighted by Crippen LogP contribution is -2.39. The van der Waals surface area contributed by atoms with E-state index in [9.17, 15) is 0 Å². The highest BCUT2D eigenvalue weighted by Gasteiger charge is 2.18. The van der Waals surface area contributed by atoms with Gasteiger partial charge in [-0.2, -0.15) is 0 Å². The summed E-state index contributed by atoms with van der Waals surface area (Å²) in [5.74, 6) is 1.01. The third-order valence-electron chi connectivity index (χ3n) is 4.08. The molecule has 0 radical (unpaired) electrons. The minimum Gasteiger partial charge on any atom is -0.367 e. The lowest BCUT2D eigenvalue weighted by molar-refractivity contribution is 0.219. The van der Waals surface area contributed by atoms with Crippen LogP contribution in [0.1, 0.15) is 26.2 Å². The molecule has 2 aromatic rings. The highest BCUT2D eigenvalue weighted by molar-refractivity contribution is 5.80. The molecular formula is C17H23N3. The van der Waals surface area contributed by atoms with Gasteiger partial charge in [-0.15, -0.1) is 0 Å². The Hall–Kier alpha value is -1.61. The normalized spacial score (nSPS) is 17.4. The van der Waals surface area contributed by atoms with Gasteiger partial charge in [-0.25, -0.2) is 4.98 Å². The van der Waals surface area contributed by atoms with Crippen LogP contribution in [0.25, 0.3) is 10.9 Å². The van der Waals surface area contributed by atoms with Gasteiger partial charge in [0.15, 0.2) is 0 Å². The average molecular weight is 269 g/mol. The van der Waals surface area contributed by atoms with Crippen molar-refractivity contribution < 1.29 is 0 Å². The first-order valence-corrected chi connectivity index (χ1v) is 7.70. The van der Waals surface area contributed by atoms with Crippen LogP contribution in [0.15, 0.2) is 36.4 Å². The second kappa shape index (κ2) is 6.23. The highest BCUT2D eigenvalue weighted by Crippen LogP contribution is 2.18. The molecule has 0 aliphatic carbocycles. The average Bonchev–Trinajstić information content (AvgIpc) is 2.49. The molecule has 0 atom stereocenters. The fourth-order valence-corrected chi connectivity index (χ4v) is 2.97. The molecule has 0 unspecified atom stereocenters. The SMILES string of the molecule is CCCN1CCC(Nc2ccc3ccccc3n2)CC1. The molecule has 0 amide bonds.